The van der Waals surface area contributed by atoms with Crippen LogP contribution < -0.4 is 0 Å². The van der Waals surface area contributed by atoms with Crippen molar-refractivity contribution in [3.8, 4) is 0 Å². The Morgan fingerprint density at radius 1 is 0.867 bits per heavy atom. The van der Waals surface area contributed by atoms with Gasteiger partial charge in [-0.2, -0.15) is 0 Å². The normalized spacial score (nSPS) is 8.13. The third-order valence-corrected chi connectivity index (χ3v) is 1.22. The summed E-state index contributed by atoms with van der Waals surface area (Å²) in [4.78, 5) is 21.7. The molecule has 0 aliphatic carbocycles. The monoisotopic (exact) mass is 236 g/mol. The summed E-state index contributed by atoms with van der Waals surface area (Å²) in [6.07, 6.45) is 1.24. The fourth-order valence-electron chi connectivity index (χ4n) is 0.652. The minimum absolute atomic E-state index is 0. The summed E-state index contributed by atoms with van der Waals surface area (Å²) in [6.45, 7) is 4.51. The first kappa shape index (κ1) is 21.2. The first-order chi connectivity index (χ1) is 6.20. The van der Waals surface area contributed by atoms with E-state index in [1.165, 1.54) is 0 Å². The van der Waals surface area contributed by atoms with Crippen LogP contribution in [0, 0.1) is 0 Å². The topological polar surface area (TPSA) is 52.6 Å². The molecule has 0 aliphatic heterocycles. The second-order valence-corrected chi connectivity index (χ2v) is 2.62. The van der Waals surface area contributed by atoms with Gasteiger partial charge in [0, 0.05) is 0 Å². The number of carbonyl (C=O) groups is 2. The molecule has 0 rings (SSSR count). The van der Waals surface area contributed by atoms with Crippen LogP contribution in [0.5, 0.6) is 0 Å². The molecule has 0 radical (unpaired) electrons. The molecule has 0 N–H and O–H groups in total. The zero-order valence-corrected chi connectivity index (χ0v) is 8.17. The fourth-order valence-corrected chi connectivity index (χ4v) is 0.652. The zero-order chi connectivity index (χ0) is 10.1. The Kier molecular flexibility index (Phi) is 21.2. The standard InChI is InChI=1S/C9H16O4.2Na.2H/c1-3-5-12-8(10)7-9(11)13-6-4-2;;;;/h3-7H2,1-2H3;;;;. The number of rotatable bonds is 6. The minimum atomic E-state index is -0.511. The van der Waals surface area contributed by atoms with Crippen molar-refractivity contribution in [3.05, 3.63) is 0 Å². The van der Waals surface area contributed by atoms with Crippen molar-refractivity contribution >= 4 is 71.1 Å². The van der Waals surface area contributed by atoms with Gasteiger partial charge in [-0.15, -0.1) is 0 Å². The van der Waals surface area contributed by atoms with Gasteiger partial charge in [0.05, 0.1) is 13.2 Å². The van der Waals surface area contributed by atoms with Gasteiger partial charge in [-0.3, -0.25) is 9.59 Å². The molecule has 0 amide bonds. The quantitative estimate of drug-likeness (QED) is 0.369. The van der Waals surface area contributed by atoms with Gasteiger partial charge >= 0.3 is 71.1 Å². The van der Waals surface area contributed by atoms with E-state index in [1.807, 2.05) is 13.8 Å². The first-order valence-electron chi connectivity index (χ1n) is 4.52. The molecule has 0 unspecified atom stereocenters. The number of ether oxygens (including phenoxy) is 2. The summed E-state index contributed by atoms with van der Waals surface area (Å²) in [5.41, 5.74) is 0. The molecule has 0 aromatic rings. The van der Waals surface area contributed by atoms with Gasteiger partial charge in [0.1, 0.15) is 6.42 Å². The molecule has 80 valence electrons. The summed E-state index contributed by atoms with van der Waals surface area (Å²) in [5, 5.41) is 0. The molecule has 0 aliphatic rings. The number of carbonyl (C=O) groups excluding carboxylic acids is 2. The molecular weight excluding hydrogens is 218 g/mol. The Morgan fingerprint density at radius 3 is 1.47 bits per heavy atom. The van der Waals surface area contributed by atoms with Crippen molar-refractivity contribution in [1.29, 1.82) is 0 Å². The van der Waals surface area contributed by atoms with Crippen LogP contribution in [-0.4, -0.2) is 84.3 Å². The number of hydrogen-bond donors (Lipinski definition) is 0. The van der Waals surface area contributed by atoms with Crippen LogP contribution in [0.1, 0.15) is 33.1 Å². The van der Waals surface area contributed by atoms with Gasteiger partial charge in [-0.1, -0.05) is 13.8 Å². The van der Waals surface area contributed by atoms with Crippen LogP contribution in [0.4, 0.5) is 0 Å². The van der Waals surface area contributed by atoms with Crippen LogP contribution in [0.15, 0.2) is 0 Å². The van der Waals surface area contributed by atoms with E-state index in [1.54, 1.807) is 0 Å². The van der Waals surface area contributed by atoms with Crippen LogP contribution in [-0.2, 0) is 19.1 Å². The number of hydrogen-bond acceptors (Lipinski definition) is 4. The Balaban J connectivity index is -0.000000720. The predicted octanol–water partition coefficient (Wildman–Crippen LogP) is -0.0141. The molecule has 4 nitrogen and oxygen atoms in total. The number of esters is 2. The Bertz CT molecular complexity index is 155. The van der Waals surface area contributed by atoms with Gasteiger partial charge in [-0.05, 0) is 12.8 Å². The summed E-state index contributed by atoms with van der Waals surface area (Å²) >= 11 is 0. The molecule has 0 saturated carbocycles. The van der Waals surface area contributed by atoms with Crippen LogP contribution in [0.2, 0.25) is 0 Å². The second kappa shape index (κ2) is 14.9. The van der Waals surface area contributed by atoms with Gasteiger partial charge in [0.2, 0.25) is 0 Å². The SMILES string of the molecule is CCCOC(=O)CC(=O)OCCC.[NaH].[NaH]. The van der Waals surface area contributed by atoms with Crippen LogP contribution in [0.3, 0.4) is 0 Å². The fraction of sp³-hybridized carbons (Fsp3) is 0.778. The van der Waals surface area contributed by atoms with Gasteiger partial charge in [0.25, 0.3) is 0 Å². The summed E-state index contributed by atoms with van der Waals surface area (Å²) < 4.78 is 9.40. The van der Waals surface area contributed by atoms with E-state index in [0.29, 0.717) is 13.2 Å². The van der Waals surface area contributed by atoms with E-state index >= 15 is 0 Å². The molecule has 0 aromatic carbocycles. The molecule has 0 heterocycles. The van der Waals surface area contributed by atoms with Crippen molar-refractivity contribution in [2.75, 3.05) is 13.2 Å². The summed E-state index contributed by atoms with van der Waals surface area (Å²) in [5.74, 6) is -1.02. The molecule has 0 spiro atoms. The molecule has 0 saturated heterocycles. The maximum absolute atomic E-state index is 10.9. The van der Waals surface area contributed by atoms with E-state index in [-0.39, 0.29) is 65.5 Å². The Hall–Kier alpha value is 0.940. The van der Waals surface area contributed by atoms with Gasteiger partial charge in [0.15, 0.2) is 0 Å². The zero-order valence-electron chi connectivity index (χ0n) is 8.17. The predicted molar refractivity (Wildman–Crippen MR) is 61.4 cm³/mol. The first-order valence-corrected chi connectivity index (χ1v) is 4.52. The molecule has 0 atom stereocenters. The van der Waals surface area contributed by atoms with E-state index in [2.05, 4.69) is 0 Å². The van der Waals surface area contributed by atoms with E-state index in [9.17, 15) is 9.59 Å². The van der Waals surface area contributed by atoms with Crippen molar-refractivity contribution in [2.45, 2.75) is 33.1 Å². The summed E-state index contributed by atoms with van der Waals surface area (Å²) in [7, 11) is 0. The molecular formula is C9H18Na2O4. The third kappa shape index (κ3) is 14.9. The Labute approximate surface area is 135 Å². The van der Waals surface area contributed by atoms with Gasteiger partial charge in [-0.25, -0.2) is 0 Å². The third-order valence-electron chi connectivity index (χ3n) is 1.22. The van der Waals surface area contributed by atoms with Crippen molar-refractivity contribution in [1.82, 2.24) is 0 Å². The van der Waals surface area contributed by atoms with E-state index < -0.39 is 11.9 Å². The van der Waals surface area contributed by atoms with E-state index in [4.69, 9.17) is 9.47 Å². The Morgan fingerprint density at radius 2 is 1.20 bits per heavy atom. The van der Waals surface area contributed by atoms with Crippen LogP contribution in [0.25, 0.3) is 0 Å². The average Bonchev–Trinajstić information content (AvgIpc) is 2.11. The molecule has 6 heteroatoms. The molecule has 0 aromatic heterocycles. The van der Waals surface area contributed by atoms with Crippen molar-refractivity contribution in [3.63, 3.8) is 0 Å². The van der Waals surface area contributed by atoms with E-state index in [0.717, 1.165) is 12.8 Å². The van der Waals surface area contributed by atoms with Crippen molar-refractivity contribution in [2.24, 2.45) is 0 Å². The average molecular weight is 236 g/mol. The van der Waals surface area contributed by atoms with Crippen molar-refractivity contribution < 1.29 is 19.1 Å². The molecule has 15 heavy (non-hydrogen) atoms. The summed E-state index contributed by atoms with van der Waals surface area (Å²) in [6, 6.07) is 0. The molecule has 0 bridgehead atoms. The van der Waals surface area contributed by atoms with Crippen LogP contribution >= 0.6 is 0 Å². The van der Waals surface area contributed by atoms with Gasteiger partial charge < -0.3 is 9.47 Å². The second-order valence-electron chi connectivity index (χ2n) is 2.62. The maximum atomic E-state index is 10.9. The molecule has 0 fully saturated rings.